The van der Waals surface area contributed by atoms with Gasteiger partial charge in [0.15, 0.2) is 11.6 Å². The summed E-state index contributed by atoms with van der Waals surface area (Å²) in [5.74, 6) is 3.23. The van der Waals surface area contributed by atoms with Crippen molar-refractivity contribution >= 4 is 17.6 Å². The number of nitrogens with one attached hydrogen (secondary N) is 3. The number of aromatic nitrogens is 5. The molecule has 0 unspecified atom stereocenters. The summed E-state index contributed by atoms with van der Waals surface area (Å²) in [5, 5.41) is 18.1. The third kappa shape index (κ3) is 5.83. The van der Waals surface area contributed by atoms with Crippen LogP contribution < -0.4 is 15.4 Å². The first-order valence-electron chi connectivity index (χ1n) is 12.3. The molecule has 0 saturated carbocycles. The van der Waals surface area contributed by atoms with Crippen molar-refractivity contribution in [2.45, 2.75) is 45.2 Å². The van der Waals surface area contributed by atoms with E-state index in [1.807, 2.05) is 42.5 Å². The Morgan fingerprint density at radius 1 is 1.14 bits per heavy atom. The second kappa shape index (κ2) is 10.8. The maximum atomic E-state index is 6.10. The lowest BCUT2D eigenvalue weighted by Crippen LogP contribution is -2.30. The number of hydrogen-bond acceptors (Lipinski definition) is 9. The molecule has 1 fully saturated rings. The Morgan fingerprint density at radius 2 is 2.00 bits per heavy atom. The predicted octanol–water partition coefficient (Wildman–Crippen LogP) is 4.81. The Hall–Kier alpha value is -3.92. The van der Waals surface area contributed by atoms with E-state index in [2.05, 4.69) is 61.8 Å². The summed E-state index contributed by atoms with van der Waals surface area (Å²) in [6, 6.07) is 16.0. The molecular weight excluding hydrogens is 456 g/mol. The third-order valence-electron chi connectivity index (χ3n) is 6.32. The number of anilines is 3. The van der Waals surface area contributed by atoms with Crippen LogP contribution in [-0.2, 0) is 6.54 Å². The van der Waals surface area contributed by atoms with Gasteiger partial charge in [0, 0.05) is 35.5 Å². The van der Waals surface area contributed by atoms with Crippen molar-refractivity contribution in [1.82, 2.24) is 30.2 Å². The van der Waals surface area contributed by atoms with Crippen molar-refractivity contribution in [3.05, 3.63) is 60.0 Å². The van der Waals surface area contributed by atoms with Crippen molar-refractivity contribution < 1.29 is 9.26 Å². The lowest BCUT2D eigenvalue weighted by molar-refractivity contribution is 0.193. The zero-order valence-electron chi connectivity index (χ0n) is 20.9. The predicted molar refractivity (Wildman–Crippen MR) is 138 cm³/mol. The zero-order chi connectivity index (χ0) is 24.9. The average Bonchev–Trinajstić information content (AvgIpc) is 3.63. The number of likely N-dealkylation sites (tertiary alicyclic amines) is 1. The molecule has 0 radical (unpaired) electrons. The molecule has 1 aliphatic rings. The first-order valence-corrected chi connectivity index (χ1v) is 12.3. The van der Waals surface area contributed by atoms with Gasteiger partial charge in [0.05, 0.1) is 6.54 Å². The van der Waals surface area contributed by atoms with Crippen LogP contribution in [0.1, 0.15) is 44.1 Å². The van der Waals surface area contributed by atoms with Crippen LogP contribution in [0.4, 0.5) is 17.6 Å². The number of ether oxygens (including phenoxy) is 1. The summed E-state index contributed by atoms with van der Waals surface area (Å²) in [5.41, 5.74) is 2.83. The molecule has 0 spiro atoms. The molecule has 10 nitrogen and oxygen atoms in total. The molecule has 1 aliphatic heterocycles. The monoisotopic (exact) mass is 488 g/mol. The second-order valence-electron chi connectivity index (χ2n) is 9.39. The van der Waals surface area contributed by atoms with E-state index in [4.69, 9.17) is 9.26 Å². The van der Waals surface area contributed by atoms with Crippen LogP contribution in [0.25, 0.3) is 11.3 Å². The van der Waals surface area contributed by atoms with Gasteiger partial charge in [-0.2, -0.15) is 15.1 Å². The molecule has 1 aromatic carbocycles. The van der Waals surface area contributed by atoms with E-state index in [0.717, 1.165) is 29.9 Å². The molecule has 3 N–H and O–H groups in total. The summed E-state index contributed by atoms with van der Waals surface area (Å²) >= 11 is 0. The van der Waals surface area contributed by atoms with E-state index in [1.54, 1.807) is 6.07 Å². The van der Waals surface area contributed by atoms with E-state index in [-0.39, 0.29) is 0 Å². The smallest absolute Gasteiger partial charge is 0.228 e. The largest absolute Gasteiger partial charge is 0.476 e. The number of H-pyrrole nitrogens is 1. The highest BCUT2D eigenvalue weighted by molar-refractivity contribution is 5.59. The van der Waals surface area contributed by atoms with E-state index < -0.39 is 0 Å². The van der Waals surface area contributed by atoms with Crippen molar-refractivity contribution in [2.24, 2.45) is 0 Å². The van der Waals surface area contributed by atoms with Gasteiger partial charge in [0.2, 0.25) is 11.8 Å². The minimum Gasteiger partial charge on any atom is -0.476 e. The minimum atomic E-state index is 0.348. The van der Waals surface area contributed by atoms with Crippen LogP contribution in [0.5, 0.6) is 5.88 Å². The van der Waals surface area contributed by atoms with Crippen LogP contribution in [0.2, 0.25) is 0 Å². The number of benzene rings is 1. The first kappa shape index (κ1) is 23.8. The third-order valence-corrected chi connectivity index (χ3v) is 6.32. The highest BCUT2D eigenvalue weighted by atomic mass is 16.5. The Bertz CT molecular complexity index is 1270. The van der Waals surface area contributed by atoms with E-state index in [9.17, 15) is 0 Å². The molecule has 188 valence electrons. The van der Waals surface area contributed by atoms with E-state index >= 15 is 0 Å². The summed E-state index contributed by atoms with van der Waals surface area (Å²) in [4.78, 5) is 11.5. The molecule has 36 heavy (non-hydrogen) atoms. The molecule has 4 heterocycles. The van der Waals surface area contributed by atoms with Crippen LogP contribution >= 0.6 is 0 Å². The Kier molecular flexibility index (Phi) is 7.13. The van der Waals surface area contributed by atoms with Crippen molar-refractivity contribution in [3.63, 3.8) is 0 Å². The molecule has 4 aromatic rings. The van der Waals surface area contributed by atoms with E-state index in [0.29, 0.717) is 54.3 Å². The number of nitrogens with zero attached hydrogens (tertiary/aromatic N) is 5. The van der Waals surface area contributed by atoms with Gasteiger partial charge in [0.1, 0.15) is 18.1 Å². The number of hydrogen-bond donors (Lipinski definition) is 3. The van der Waals surface area contributed by atoms with E-state index in [1.165, 1.54) is 6.42 Å². The fourth-order valence-electron chi connectivity index (χ4n) is 4.15. The lowest BCUT2D eigenvalue weighted by Gasteiger charge is -2.19. The molecule has 1 saturated heterocycles. The van der Waals surface area contributed by atoms with Gasteiger partial charge in [-0.25, -0.2) is 0 Å². The van der Waals surface area contributed by atoms with Gasteiger partial charge in [-0.3, -0.25) is 5.10 Å². The highest BCUT2D eigenvalue weighted by Gasteiger charge is 2.22. The van der Waals surface area contributed by atoms with Gasteiger partial charge in [0.25, 0.3) is 0 Å². The Morgan fingerprint density at radius 3 is 2.75 bits per heavy atom. The summed E-state index contributed by atoms with van der Waals surface area (Å²) < 4.78 is 11.6. The molecule has 1 atom stereocenters. The average molecular weight is 489 g/mol. The van der Waals surface area contributed by atoms with Crippen molar-refractivity contribution in [1.29, 1.82) is 0 Å². The lowest BCUT2D eigenvalue weighted by atomic mass is 10.1. The highest BCUT2D eigenvalue weighted by Crippen LogP contribution is 2.24. The minimum absolute atomic E-state index is 0.348. The van der Waals surface area contributed by atoms with Gasteiger partial charge < -0.3 is 24.8 Å². The van der Waals surface area contributed by atoms with Gasteiger partial charge >= 0.3 is 0 Å². The van der Waals surface area contributed by atoms with Crippen molar-refractivity contribution in [3.8, 4) is 17.1 Å². The Balaban J connectivity index is 1.31. The summed E-state index contributed by atoms with van der Waals surface area (Å²) in [7, 11) is 2.13. The van der Waals surface area contributed by atoms with Crippen molar-refractivity contribution in [2.75, 3.05) is 30.8 Å². The molecule has 0 amide bonds. The van der Waals surface area contributed by atoms with Crippen LogP contribution in [-0.4, -0.2) is 56.5 Å². The van der Waals surface area contributed by atoms with Gasteiger partial charge in [-0.1, -0.05) is 49.3 Å². The maximum absolute atomic E-state index is 6.10. The van der Waals surface area contributed by atoms with Crippen LogP contribution in [0.15, 0.2) is 53.1 Å². The Labute approximate surface area is 210 Å². The van der Waals surface area contributed by atoms with Crippen LogP contribution in [0.3, 0.4) is 0 Å². The van der Waals surface area contributed by atoms with Gasteiger partial charge in [-0.15, -0.1) is 0 Å². The second-order valence-corrected chi connectivity index (χ2v) is 9.39. The summed E-state index contributed by atoms with van der Waals surface area (Å²) in [6.45, 7) is 6.28. The van der Waals surface area contributed by atoms with Gasteiger partial charge in [-0.05, 0) is 32.4 Å². The maximum Gasteiger partial charge on any atom is 0.228 e. The fraction of sp³-hybridized carbons (Fsp3) is 0.385. The molecule has 10 heteroatoms. The molecule has 0 bridgehead atoms. The van der Waals surface area contributed by atoms with Crippen LogP contribution in [0, 0.1) is 0 Å². The summed E-state index contributed by atoms with van der Waals surface area (Å²) in [6.07, 6.45) is 2.31. The molecule has 0 aliphatic carbocycles. The quantitative estimate of drug-likeness (QED) is 0.289. The fourth-order valence-corrected chi connectivity index (χ4v) is 4.15. The number of likely N-dealkylation sites (N-methyl/N-ethyl adjacent to an activating group) is 1. The normalized spacial score (nSPS) is 15.9. The number of aromatic amines is 1. The standard InChI is InChI=1S/C26H32N8O2/c1-17(2)21-13-24(32-31-21)28-23-14-25(35-16-19-10-7-11-34(19)3)30-26(29-23)27-15-20-12-22(33-36-20)18-8-5-4-6-9-18/h4-6,8-9,12-14,17,19H,7,10-11,15-16H2,1-3H3,(H3,27,28,29,30,31,32)/t19-/m0/s1. The zero-order valence-corrected chi connectivity index (χ0v) is 20.9. The number of rotatable bonds is 10. The molecular formula is C26H32N8O2. The molecule has 5 rings (SSSR count). The molecule has 3 aromatic heterocycles. The first-order chi connectivity index (χ1) is 17.5. The topological polar surface area (TPSA) is 117 Å². The SMILES string of the molecule is CC(C)c1cc(Nc2cc(OC[C@@H]3CCCN3C)nc(NCc3cc(-c4ccccc4)no3)n2)n[nH]1.